The SMILES string of the molecule is CC.CCCc1cc(C(OCOC)(C(F)(F)F)C(F)(F)F)cc(C)c1O. The number of phenolic OH excluding ortho intramolecular Hbond substituents is 1. The van der Waals surface area contributed by atoms with Crippen LogP contribution in [0.25, 0.3) is 0 Å². The highest BCUT2D eigenvalue weighted by Crippen LogP contribution is 2.53. The van der Waals surface area contributed by atoms with Crippen LogP contribution in [0.1, 0.15) is 43.9 Å². The van der Waals surface area contributed by atoms with Crippen molar-refractivity contribution < 1.29 is 40.9 Å². The molecule has 0 aliphatic heterocycles. The van der Waals surface area contributed by atoms with Gasteiger partial charge in [-0.3, -0.25) is 0 Å². The van der Waals surface area contributed by atoms with Gasteiger partial charge in [-0.1, -0.05) is 27.2 Å². The second-order valence-electron chi connectivity index (χ2n) is 5.28. The van der Waals surface area contributed by atoms with E-state index in [9.17, 15) is 31.4 Å². The number of halogens is 6. The van der Waals surface area contributed by atoms with Crippen LogP contribution < -0.4 is 0 Å². The maximum atomic E-state index is 13.5. The van der Waals surface area contributed by atoms with E-state index in [1.807, 2.05) is 13.8 Å². The number of aryl methyl sites for hydroxylation is 2. The molecule has 26 heavy (non-hydrogen) atoms. The summed E-state index contributed by atoms with van der Waals surface area (Å²) in [6, 6.07) is 1.31. The van der Waals surface area contributed by atoms with Gasteiger partial charge < -0.3 is 14.6 Å². The highest BCUT2D eigenvalue weighted by atomic mass is 19.4. The van der Waals surface area contributed by atoms with Crippen molar-refractivity contribution in [1.82, 2.24) is 0 Å². The van der Waals surface area contributed by atoms with Gasteiger partial charge in [-0.15, -0.1) is 0 Å². The van der Waals surface area contributed by atoms with Crippen molar-refractivity contribution in [3.63, 3.8) is 0 Å². The number of methoxy groups -OCH3 is 1. The Labute approximate surface area is 148 Å². The van der Waals surface area contributed by atoms with E-state index in [-0.39, 0.29) is 23.3 Å². The van der Waals surface area contributed by atoms with E-state index in [0.29, 0.717) is 18.6 Å². The molecule has 3 nitrogen and oxygen atoms in total. The standard InChI is InChI=1S/C15H18F6O3.C2H6/c1-4-5-10-7-11(6-9(2)12(10)22)13(14(16,17)18,15(19,20)21)24-8-23-3;1-2/h6-7,22H,4-5,8H2,1-3H3;1-2H3. The fourth-order valence-electron chi connectivity index (χ4n) is 2.40. The van der Waals surface area contributed by atoms with Gasteiger partial charge in [0, 0.05) is 12.7 Å². The Hall–Kier alpha value is -1.48. The molecular weight excluding hydrogens is 366 g/mol. The van der Waals surface area contributed by atoms with Gasteiger partial charge >= 0.3 is 12.4 Å². The molecular formula is C17H24F6O3. The summed E-state index contributed by atoms with van der Waals surface area (Å²) in [4.78, 5) is 0. The minimum absolute atomic E-state index is 0.00797. The lowest BCUT2D eigenvalue weighted by molar-refractivity contribution is -0.400. The Morgan fingerprint density at radius 3 is 1.88 bits per heavy atom. The highest BCUT2D eigenvalue weighted by molar-refractivity contribution is 5.46. The lowest BCUT2D eigenvalue weighted by atomic mass is 9.88. The predicted octanol–water partition coefficient (Wildman–Crippen LogP) is 5.62. The minimum atomic E-state index is -5.78. The van der Waals surface area contributed by atoms with E-state index in [2.05, 4.69) is 9.47 Å². The van der Waals surface area contributed by atoms with Gasteiger partial charge in [-0.05, 0) is 36.6 Å². The molecule has 0 heterocycles. The molecule has 0 saturated carbocycles. The van der Waals surface area contributed by atoms with Crippen molar-refractivity contribution in [3.8, 4) is 5.75 Å². The van der Waals surface area contributed by atoms with Crippen molar-refractivity contribution in [2.45, 2.75) is 58.5 Å². The molecule has 1 aromatic carbocycles. The van der Waals surface area contributed by atoms with Gasteiger partial charge in [0.2, 0.25) is 0 Å². The van der Waals surface area contributed by atoms with Crippen molar-refractivity contribution in [1.29, 1.82) is 0 Å². The molecule has 0 bridgehead atoms. The molecule has 0 aliphatic rings. The topological polar surface area (TPSA) is 38.7 Å². The summed E-state index contributed by atoms with van der Waals surface area (Å²) in [5.41, 5.74) is -5.80. The first kappa shape index (κ1) is 24.5. The molecule has 1 N–H and O–H groups in total. The van der Waals surface area contributed by atoms with Crippen molar-refractivity contribution >= 4 is 0 Å². The third kappa shape index (κ3) is 4.82. The summed E-state index contributed by atoms with van der Waals surface area (Å²) in [6.07, 6.45) is -11.0. The molecule has 0 aliphatic carbocycles. The third-order valence-corrected chi connectivity index (χ3v) is 3.50. The zero-order valence-electron chi connectivity index (χ0n) is 15.3. The van der Waals surface area contributed by atoms with Gasteiger partial charge in [0.25, 0.3) is 5.60 Å². The number of benzene rings is 1. The van der Waals surface area contributed by atoms with Crippen molar-refractivity contribution in [2.24, 2.45) is 0 Å². The second-order valence-corrected chi connectivity index (χ2v) is 5.28. The Morgan fingerprint density at radius 1 is 1.00 bits per heavy atom. The number of hydrogen-bond donors (Lipinski definition) is 1. The van der Waals surface area contributed by atoms with Crippen LogP contribution in [-0.4, -0.2) is 31.4 Å². The smallest absolute Gasteiger partial charge is 0.430 e. The van der Waals surface area contributed by atoms with Gasteiger partial charge in [-0.2, -0.15) is 26.3 Å². The third-order valence-electron chi connectivity index (χ3n) is 3.50. The maximum absolute atomic E-state index is 13.5. The normalized spacial score (nSPS) is 12.6. The molecule has 0 aromatic heterocycles. The average Bonchev–Trinajstić information content (AvgIpc) is 2.52. The van der Waals surface area contributed by atoms with Crippen molar-refractivity contribution in [2.75, 3.05) is 13.9 Å². The van der Waals surface area contributed by atoms with Crippen LogP contribution in [-0.2, 0) is 21.5 Å². The van der Waals surface area contributed by atoms with E-state index in [0.717, 1.165) is 7.11 Å². The molecule has 0 radical (unpaired) electrons. The Kier molecular flexibility index (Phi) is 8.92. The number of ether oxygens (including phenoxy) is 2. The van der Waals surface area contributed by atoms with E-state index in [1.165, 1.54) is 6.92 Å². The Morgan fingerprint density at radius 2 is 1.50 bits per heavy atom. The molecule has 0 fully saturated rings. The van der Waals surface area contributed by atoms with E-state index in [1.54, 1.807) is 6.92 Å². The minimum Gasteiger partial charge on any atom is -0.507 e. The zero-order valence-corrected chi connectivity index (χ0v) is 15.3. The van der Waals surface area contributed by atoms with Crippen LogP contribution in [0.4, 0.5) is 26.3 Å². The van der Waals surface area contributed by atoms with Crippen LogP contribution >= 0.6 is 0 Å². The van der Waals surface area contributed by atoms with Gasteiger partial charge in [-0.25, -0.2) is 0 Å². The summed E-state index contributed by atoms with van der Waals surface area (Å²) in [6.45, 7) is 5.71. The lowest BCUT2D eigenvalue weighted by Crippen LogP contribution is -2.56. The molecule has 0 spiro atoms. The fraction of sp³-hybridized carbons (Fsp3) is 0.647. The molecule has 1 aromatic rings. The Balaban J connectivity index is 0.00000301. The van der Waals surface area contributed by atoms with E-state index in [4.69, 9.17) is 0 Å². The number of hydrogen-bond acceptors (Lipinski definition) is 3. The van der Waals surface area contributed by atoms with Crippen LogP contribution in [0.3, 0.4) is 0 Å². The molecule has 0 amide bonds. The summed E-state index contributed by atoms with van der Waals surface area (Å²) in [7, 11) is 0.919. The number of aromatic hydroxyl groups is 1. The van der Waals surface area contributed by atoms with Gasteiger partial charge in [0.05, 0.1) is 0 Å². The van der Waals surface area contributed by atoms with Crippen LogP contribution in [0.5, 0.6) is 5.75 Å². The first-order valence-corrected chi connectivity index (χ1v) is 8.01. The Bertz CT molecular complexity index is 553. The predicted molar refractivity (Wildman–Crippen MR) is 84.9 cm³/mol. The second kappa shape index (κ2) is 9.45. The summed E-state index contributed by atoms with van der Waals surface area (Å²) in [5.74, 6) is -0.328. The molecule has 9 heteroatoms. The maximum Gasteiger partial charge on any atom is 0.430 e. The van der Waals surface area contributed by atoms with Crippen LogP contribution in [0.15, 0.2) is 12.1 Å². The fourth-order valence-corrected chi connectivity index (χ4v) is 2.40. The largest absolute Gasteiger partial charge is 0.507 e. The van der Waals surface area contributed by atoms with Gasteiger partial charge in [0.1, 0.15) is 12.5 Å². The highest BCUT2D eigenvalue weighted by Gasteiger charge is 2.73. The summed E-state index contributed by atoms with van der Waals surface area (Å²) < 4.78 is 89.2. The van der Waals surface area contributed by atoms with E-state index < -0.39 is 30.3 Å². The zero-order chi connectivity index (χ0) is 20.8. The van der Waals surface area contributed by atoms with E-state index >= 15 is 0 Å². The van der Waals surface area contributed by atoms with Gasteiger partial charge in [0.15, 0.2) is 0 Å². The summed E-state index contributed by atoms with van der Waals surface area (Å²) in [5, 5.41) is 9.87. The molecule has 0 saturated heterocycles. The molecule has 1 rings (SSSR count). The number of rotatable bonds is 6. The quantitative estimate of drug-likeness (QED) is 0.506. The number of phenols is 1. The molecule has 0 unspecified atom stereocenters. The average molecular weight is 390 g/mol. The summed E-state index contributed by atoms with van der Waals surface area (Å²) >= 11 is 0. The monoisotopic (exact) mass is 390 g/mol. The first-order valence-electron chi connectivity index (χ1n) is 8.01. The molecule has 0 atom stereocenters. The van der Waals surface area contributed by atoms with Crippen molar-refractivity contribution in [3.05, 3.63) is 28.8 Å². The molecule has 152 valence electrons. The lowest BCUT2D eigenvalue weighted by Gasteiger charge is -2.37. The number of alkyl halides is 6. The van der Waals surface area contributed by atoms with Crippen LogP contribution in [0, 0.1) is 6.92 Å². The first-order chi connectivity index (χ1) is 11.9. The van der Waals surface area contributed by atoms with Crippen LogP contribution in [0.2, 0.25) is 0 Å².